The Labute approximate surface area is 162 Å². The summed E-state index contributed by atoms with van der Waals surface area (Å²) < 4.78 is 5.48. The number of nitrogens with one attached hydrogen (secondary N) is 2. The van der Waals surface area contributed by atoms with E-state index in [0.717, 1.165) is 24.2 Å². The van der Waals surface area contributed by atoms with Crippen LogP contribution in [-0.4, -0.2) is 35.9 Å². The zero-order valence-corrected chi connectivity index (χ0v) is 15.5. The van der Waals surface area contributed by atoms with Gasteiger partial charge in [0.1, 0.15) is 5.75 Å². The first kappa shape index (κ1) is 18.0. The van der Waals surface area contributed by atoms with Gasteiger partial charge in [0.05, 0.1) is 23.8 Å². The average Bonchev–Trinajstić information content (AvgIpc) is 3.28. The SMILES string of the molecule is CCOc1ccc([C@@H]2CCCN2C(=O)Nc2ccc3c(c2)C(=O)NC3=O)cc1. The molecule has 2 N–H and O–H groups in total. The molecule has 0 unspecified atom stereocenters. The van der Waals surface area contributed by atoms with Gasteiger partial charge in [-0.3, -0.25) is 14.9 Å². The molecule has 2 aromatic rings. The zero-order valence-electron chi connectivity index (χ0n) is 15.5. The quantitative estimate of drug-likeness (QED) is 0.798. The van der Waals surface area contributed by atoms with Crippen LogP contribution in [0.15, 0.2) is 42.5 Å². The normalized spacial score (nSPS) is 18.0. The Balaban J connectivity index is 1.49. The number of amides is 4. The van der Waals surface area contributed by atoms with Gasteiger partial charge in [0.15, 0.2) is 0 Å². The molecule has 0 aromatic heterocycles. The van der Waals surface area contributed by atoms with E-state index in [-0.39, 0.29) is 17.6 Å². The van der Waals surface area contributed by atoms with E-state index in [1.807, 2.05) is 31.2 Å². The third-order valence-corrected chi connectivity index (χ3v) is 5.08. The van der Waals surface area contributed by atoms with Crippen LogP contribution in [0.25, 0.3) is 0 Å². The second-order valence-electron chi connectivity index (χ2n) is 6.83. The lowest BCUT2D eigenvalue weighted by molar-refractivity contribution is 0.0879. The third-order valence-electron chi connectivity index (χ3n) is 5.08. The second kappa shape index (κ2) is 7.34. The Bertz CT molecular complexity index is 939. The predicted octanol–water partition coefficient (Wildman–Crippen LogP) is 3.34. The van der Waals surface area contributed by atoms with Crippen molar-refractivity contribution in [3.63, 3.8) is 0 Å². The molecule has 144 valence electrons. The molecule has 0 aliphatic carbocycles. The molecule has 2 heterocycles. The summed E-state index contributed by atoms with van der Waals surface area (Å²) in [7, 11) is 0. The standard InChI is InChI=1S/C21H21N3O4/c1-2-28-15-8-5-13(6-9-15)18-4-3-11-24(18)21(27)22-14-7-10-16-17(12-14)20(26)23-19(16)25/h5-10,12,18H,2-4,11H2,1H3,(H,22,27)(H,23,25,26)/t18-/m0/s1. The first-order chi connectivity index (χ1) is 13.6. The molecule has 1 fully saturated rings. The van der Waals surface area contributed by atoms with Crippen LogP contribution < -0.4 is 15.4 Å². The van der Waals surface area contributed by atoms with Crippen LogP contribution in [0.5, 0.6) is 5.75 Å². The molecule has 1 atom stereocenters. The zero-order chi connectivity index (χ0) is 19.7. The van der Waals surface area contributed by atoms with E-state index in [9.17, 15) is 14.4 Å². The lowest BCUT2D eigenvalue weighted by atomic mass is 10.0. The molecule has 4 rings (SSSR count). The molecule has 0 radical (unpaired) electrons. The molecule has 0 bridgehead atoms. The molecular weight excluding hydrogens is 358 g/mol. The van der Waals surface area contributed by atoms with Gasteiger partial charge in [0, 0.05) is 12.2 Å². The van der Waals surface area contributed by atoms with Gasteiger partial charge in [-0.1, -0.05) is 12.1 Å². The number of hydrogen-bond acceptors (Lipinski definition) is 4. The van der Waals surface area contributed by atoms with Crippen molar-refractivity contribution in [2.75, 3.05) is 18.5 Å². The molecule has 2 aromatic carbocycles. The highest BCUT2D eigenvalue weighted by Gasteiger charge is 2.31. The van der Waals surface area contributed by atoms with E-state index in [1.165, 1.54) is 6.07 Å². The number of carbonyl (C=O) groups is 3. The highest BCUT2D eigenvalue weighted by atomic mass is 16.5. The topological polar surface area (TPSA) is 87.7 Å². The van der Waals surface area contributed by atoms with E-state index < -0.39 is 11.8 Å². The fraction of sp³-hybridized carbons (Fsp3) is 0.286. The number of anilines is 1. The molecule has 0 spiro atoms. The highest BCUT2D eigenvalue weighted by Crippen LogP contribution is 2.33. The first-order valence-electron chi connectivity index (χ1n) is 9.37. The number of hydrogen-bond donors (Lipinski definition) is 2. The van der Waals surface area contributed by atoms with Gasteiger partial charge in [-0.25, -0.2) is 4.79 Å². The van der Waals surface area contributed by atoms with Crippen molar-refractivity contribution in [2.45, 2.75) is 25.8 Å². The maximum absolute atomic E-state index is 12.8. The number of benzene rings is 2. The van der Waals surface area contributed by atoms with Crippen molar-refractivity contribution in [2.24, 2.45) is 0 Å². The number of carbonyl (C=O) groups excluding carboxylic acids is 3. The van der Waals surface area contributed by atoms with Crippen molar-refractivity contribution >= 4 is 23.5 Å². The average molecular weight is 379 g/mol. The van der Waals surface area contributed by atoms with Crippen LogP contribution >= 0.6 is 0 Å². The van der Waals surface area contributed by atoms with Crippen LogP contribution in [-0.2, 0) is 0 Å². The summed E-state index contributed by atoms with van der Waals surface area (Å²) in [5.74, 6) is -0.0382. The van der Waals surface area contributed by atoms with E-state index >= 15 is 0 Å². The van der Waals surface area contributed by atoms with E-state index in [1.54, 1.807) is 17.0 Å². The van der Waals surface area contributed by atoms with Crippen LogP contribution in [0.1, 0.15) is 52.1 Å². The Morgan fingerprint density at radius 3 is 2.64 bits per heavy atom. The van der Waals surface area contributed by atoms with Gasteiger partial charge in [0.2, 0.25) is 0 Å². The largest absolute Gasteiger partial charge is 0.494 e. The summed E-state index contributed by atoms with van der Waals surface area (Å²) in [5, 5.41) is 5.10. The number of likely N-dealkylation sites (tertiary alicyclic amines) is 1. The molecule has 28 heavy (non-hydrogen) atoms. The minimum atomic E-state index is -0.440. The highest BCUT2D eigenvalue weighted by molar-refractivity contribution is 6.22. The molecular formula is C21H21N3O4. The van der Waals surface area contributed by atoms with Crippen molar-refractivity contribution in [3.8, 4) is 5.75 Å². The number of urea groups is 1. The lowest BCUT2D eigenvalue weighted by Crippen LogP contribution is -2.34. The predicted molar refractivity (Wildman–Crippen MR) is 104 cm³/mol. The fourth-order valence-electron chi connectivity index (χ4n) is 3.75. The number of imide groups is 1. The second-order valence-corrected chi connectivity index (χ2v) is 6.83. The van der Waals surface area contributed by atoms with Crippen molar-refractivity contribution < 1.29 is 19.1 Å². The number of nitrogens with zero attached hydrogens (tertiary/aromatic N) is 1. The summed E-state index contributed by atoms with van der Waals surface area (Å²) in [5.41, 5.74) is 2.17. The summed E-state index contributed by atoms with van der Waals surface area (Å²) in [6, 6.07) is 12.3. The van der Waals surface area contributed by atoms with Gasteiger partial charge < -0.3 is 15.0 Å². The van der Waals surface area contributed by atoms with E-state index in [0.29, 0.717) is 24.4 Å². The molecule has 2 aliphatic rings. The van der Waals surface area contributed by atoms with Crippen molar-refractivity contribution in [3.05, 3.63) is 59.2 Å². The van der Waals surface area contributed by atoms with Crippen LogP contribution in [0.4, 0.5) is 10.5 Å². The monoisotopic (exact) mass is 379 g/mol. The Kier molecular flexibility index (Phi) is 4.73. The molecule has 1 saturated heterocycles. The van der Waals surface area contributed by atoms with E-state index in [4.69, 9.17) is 4.74 Å². The maximum atomic E-state index is 12.8. The van der Waals surface area contributed by atoms with Crippen LogP contribution in [0.3, 0.4) is 0 Å². The Morgan fingerprint density at radius 1 is 1.14 bits per heavy atom. The minimum Gasteiger partial charge on any atom is -0.494 e. The molecule has 2 aliphatic heterocycles. The summed E-state index contributed by atoms with van der Waals surface area (Å²) in [6.07, 6.45) is 1.81. The molecule has 7 nitrogen and oxygen atoms in total. The van der Waals surface area contributed by atoms with Crippen LogP contribution in [0.2, 0.25) is 0 Å². The van der Waals surface area contributed by atoms with Gasteiger partial charge in [-0.15, -0.1) is 0 Å². The number of fused-ring (bicyclic) bond motifs is 1. The lowest BCUT2D eigenvalue weighted by Gasteiger charge is -2.25. The summed E-state index contributed by atoms with van der Waals surface area (Å²) in [4.78, 5) is 38.1. The van der Waals surface area contributed by atoms with Crippen molar-refractivity contribution in [1.82, 2.24) is 10.2 Å². The van der Waals surface area contributed by atoms with E-state index in [2.05, 4.69) is 10.6 Å². The smallest absolute Gasteiger partial charge is 0.322 e. The minimum absolute atomic E-state index is 0.00465. The van der Waals surface area contributed by atoms with Gasteiger partial charge >= 0.3 is 6.03 Å². The summed E-state index contributed by atoms with van der Waals surface area (Å²) in [6.45, 7) is 3.21. The first-order valence-corrected chi connectivity index (χ1v) is 9.37. The Morgan fingerprint density at radius 2 is 1.89 bits per heavy atom. The molecule has 0 saturated carbocycles. The van der Waals surface area contributed by atoms with Crippen molar-refractivity contribution in [1.29, 1.82) is 0 Å². The molecule has 4 amide bonds. The maximum Gasteiger partial charge on any atom is 0.322 e. The number of rotatable bonds is 4. The van der Waals surface area contributed by atoms with Gasteiger partial charge in [-0.05, 0) is 55.7 Å². The van der Waals surface area contributed by atoms with Gasteiger partial charge in [0.25, 0.3) is 11.8 Å². The third kappa shape index (κ3) is 3.31. The Hall–Kier alpha value is -3.35. The summed E-state index contributed by atoms with van der Waals surface area (Å²) >= 11 is 0. The number of ether oxygens (including phenoxy) is 1. The van der Waals surface area contributed by atoms with Crippen LogP contribution in [0, 0.1) is 0 Å². The molecule has 7 heteroatoms. The van der Waals surface area contributed by atoms with Gasteiger partial charge in [-0.2, -0.15) is 0 Å². The fourth-order valence-corrected chi connectivity index (χ4v) is 3.75.